The van der Waals surface area contributed by atoms with Gasteiger partial charge >= 0.3 is 0 Å². The van der Waals surface area contributed by atoms with Crippen molar-refractivity contribution in [2.24, 2.45) is 10.9 Å². The maximum absolute atomic E-state index is 3.91. The van der Waals surface area contributed by atoms with Crippen LogP contribution in [0.3, 0.4) is 0 Å². The molecule has 0 amide bonds. The summed E-state index contributed by atoms with van der Waals surface area (Å²) in [5, 5.41) is 3.39. The molecule has 0 radical (unpaired) electrons. The molecule has 0 spiro atoms. The molecule has 2 heteroatoms. The summed E-state index contributed by atoms with van der Waals surface area (Å²) in [4.78, 5) is 3.91. The van der Waals surface area contributed by atoms with Gasteiger partial charge in [-0.15, -0.1) is 0 Å². The van der Waals surface area contributed by atoms with Crippen LogP contribution in [0.15, 0.2) is 28.4 Å². The Morgan fingerprint density at radius 3 is 2.93 bits per heavy atom. The van der Waals surface area contributed by atoms with Crippen LogP contribution in [0.4, 0.5) is 0 Å². The molecule has 0 bridgehead atoms. The van der Waals surface area contributed by atoms with E-state index in [-0.39, 0.29) is 0 Å². The van der Waals surface area contributed by atoms with Crippen molar-refractivity contribution < 1.29 is 0 Å². The average molecular weight is 192 g/mol. The van der Waals surface area contributed by atoms with E-state index < -0.39 is 0 Å². The predicted molar refractivity (Wildman–Crippen MR) is 62.7 cm³/mol. The van der Waals surface area contributed by atoms with E-state index in [4.69, 9.17) is 0 Å². The van der Waals surface area contributed by atoms with Crippen molar-refractivity contribution in [2.45, 2.75) is 26.7 Å². The Hall–Kier alpha value is -0.890. The van der Waals surface area contributed by atoms with E-state index >= 15 is 0 Å². The van der Waals surface area contributed by atoms with Gasteiger partial charge in [-0.05, 0) is 58.5 Å². The molecule has 0 aliphatic carbocycles. The highest BCUT2D eigenvalue weighted by molar-refractivity contribution is 5.31. The number of hydrogen-bond acceptors (Lipinski definition) is 2. The molecule has 1 fully saturated rings. The van der Waals surface area contributed by atoms with Crippen molar-refractivity contribution >= 4 is 6.72 Å². The molecule has 1 saturated heterocycles. The molecule has 1 aliphatic rings. The van der Waals surface area contributed by atoms with E-state index in [9.17, 15) is 0 Å². The minimum absolute atomic E-state index is 0.801. The summed E-state index contributed by atoms with van der Waals surface area (Å²) in [7, 11) is 0. The topological polar surface area (TPSA) is 24.4 Å². The second-order valence-electron chi connectivity index (χ2n) is 3.87. The SMILES string of the molecule is C=N/C(C)=C\C(=C/C)CC1CCNC1. The quantitative estimate of drug-likeness (QED) is 0.537. The Bertz CT molecular complexity index is 245. The van der Waals surface area contributed by atoms with Crippen LogP contribution in [0.5, 0.6) is 0 Å². The largest absolute Gasteiger partial charge is 0.316 e. The third-order valence-corrected chi connectivity index (χ3v) is 2.70. The number of nitrogens with one attached hydrogen (secondary N) is 1. The second kappa shape index (κ2) is 5.76. The summed E-state index contributed by atoms with van der Waals surface area (Å²) in [6, 6.07) is 0. The molecule has 78 valence electrons. The highest BCUT2D eigenvalue weighted by Gasteiger charge is 2.14. The first kappa shape index (κ1) is 11.2. The predicted octanol–water partition coefficient (Wildman–Crippen LogP) is 2.54. The van der Waals surface area contributed by atoms with Crippen LogP contribution >= 0.6 is 0 Å². The molecular weight excluding hydrogens is 172 g/mol. The number of rotatable bonds is 4. The summed E-state index contributed by atoms with van der Waals surface area (Å²) in [5.74, 6) is 0.801. The number of nitrogens with zero attached hydrogens (tertiary/aromatic N) is 1. The minimum atomic E-state index is 0.801. The summed E-state index contributed by atoms with van der Waals surface area (Å²) in [5.41, 5.74) is 2.38. The van der Waals surface area contributed by atoms with E-state index in [2.05, 4.69) is 36.1 Å². The van der Waals surface area contributed by atoms with Crippen molar-refractivity contribution in [1.29, 1.82) is 0 Å². The highest BCUT2D eigenvalue weighted by atomic mass is 14.9. The Morgan fingerprint density at radius 1 is 1.64 bits per heavy atom. The second-order valence-corrected chi connectivity index (χ2v) is 3.87. The average Bonchev–Trinajstić information content (AvgIpc) is 2.69. The lowest BCUT2D eigenvalue weighted by atomic mass is 9.98. The molecule has 0 aromatic rings. The van der Waals surface area contributed by atoms with Gasteiger partial charge in [-0.3, -0.25) is 4.99 Å². The lowest BCUT2D eigenvalue weighted by Crippen LogP contribution is -2.09. The molecule has 1 heterocycles. The molecule has 0 saturated carbocycles. The number of allylic oxidation sites excluding steroid dienone is 4. The Balaban J connectivity index is 2.50. The van der Waals surface area contributed by atoms with E-state index in [1.807, 2.05) is 6.92 Å². The van der Waals surface area contributed by atoms with Gasteiger partial charge in [-0.2, -0.15) is 0 Å². The van der Waals surface area contributed by atoms with Gasteiger partial charge < -0.3 is 5.32 Å². The lowest BCUT2D eigenvalue weighted by Gasteiger charge is -2.08. The van der Waals surface area contributed by atoms with Crippen LogP contribution in [0.2, 0.25) is 0 Å². The van der Waals surface area contributed by atoms with Gasteiger partial charge in [-0.1, -0.05) is 11.6 Å². The van der Waals surface area contributed by atoms with Crippen molar-refractivity contribution in [1.82, 2.24) is 5.32 Å². The number of hydrogen-bond donors (Lipinski definition) is 1. The van der Waals surface area contributed by atoms with Crippen LogP contribution in [-0.4, -0.2) is 19.8 Å². The number of aliphatic imine (C=N–C) groups is 1. The van der Waals surface area contributed by atoms with E-state index in [1.54, 1.807) is 0 Å². The smallest absolute Gasteiger partial charge is 0.0368 e. The molecule has 2 nitrogen and oxygen atoms in total. The van der Waals surface area contributed by atoms with Crippen LogP contribution in [0.25, 0.3) is 0 Å². The molecular formula is C12H20N2. The zero-order chi connectivity index (χ0) is 10.4. The van der Waals surface area contributed by atoms with E-state index in [0.717, 1.165) is 24.6 Å². The summed E-state index contributed by atoms with van der Waals surface area (Å²) >= 11 is 0. The van der Waals surface area contributed by atoms with Crippen molar-refractivity contribution in [3.63, 3.8) is 0 Å². The third kappa shape index (κ3) is 3.46. The van der Waals surface area contributed by atoms with Gasteiger partial charge in [0.15, 0.2) is 0 Å². The maximum Gasteiger partial charge on any atom is 0.0368 e. The first-order valence-corrected chi connectivity index (χ1v) is 5.27. The third-order valence-electron chi connectivity index (χ3n) is 2.70. The molecule has 1 aliphatic heterocycles. The van der Waals surface area contributed by atoms with Crippen molar-refractivity contribution in [3.05, 3.63) is 23.4 Å². The van der Waals surface area contributed by atoms with Crippen molar-refractivity contribution in [2.75, 3.05) is 13.1 Å². The molecule has 1 rings (SSSR count). The maximum atomic E-state index is 3.91. The first-order chi connectivity index (χ1) is 6.76. The zero-order valence-electron chi connectivity index (χ0n) is 9.21. The van der Waals surface area contributed by atoms with E-state index in [0.29, 0.717) is 0 Å². The normalized spacial score (nSPS) is 24.0. The van der Waals surface area contributed by atoms with E-state index in [1.165, 1.54) is 18.5 Å². The lowest BCUT2D eigenvalue weighted by molar-refractivity contribution is 0.582. The van der Waals surface area contributed by atoms with Gasteiger partial charge in [0.05, 0.1) is 0 Å². The summed E-state index contributed by atoms with van der Waals surface area (Å²) in [6.07, 6.45) is 6.76. The molecule has 0 aromatic heterocycles. The highest BCUT2D eigenvalue weighted by Crippen LogP contribution is 2.19. The van der Waals surface area contributed by atoms with Gasteiger partial charge in [0.25, 0.3) is 0 Å². The fourth-order valence-electron chi connectivity index (χ4n) is 1.80. The molecule has 1 N–H and O–H groups in total. The fraction of sp³-hybridized carbons (Fsp3) is 0.583. The van der Waals surface area contributed by atoms with Crippen LogP contribution < -0.4 is 5.32 Å². The Kier molecular flexibility index (Phi) is 4.60. The van der Waals surface area contributed by atoms with Crippen LogP contribution in [-0.2, 0) is 0 Å². The molecule has 0 aromatic carbocycles. The van der Waals surface area contributed by atoms with Gasteiger partial charge in [-0.25, -0.2) is 0 Å². The monoisotopic (exact) mass is 192 g/mol. The zero-order valence-corrected chi connectivity index (χ0v) is 9.21. The van der Waals surface area contributed by atoms with Crippen molar-refractivity contribution in [3.8, 4) is 0 Å². The van der Waals surface area contributed by atoms with Gasteiger partial charge in [0.2, 0.25) is 0 Å². The van der Waals surface area contributed by atoms with Gasteiger partial charge in [0, 0.05) is 5.70 Å². The fourth-order valence-corrected chi connectivity index (χ4v) is 1.80. The standard InChI is InChI=1S/C12H20N2/c1-4-11(7-10(2)13-3)8-12-5-6-14-9-12/h4,7,12,14H,3,5-6,8-9H2,1-2H3/b10-7-,11-4+. The Labute approximate surface area is 86.8 Å². The van der Waals surface area contributed by atoms with Crippen LogP contribution in [0, 0.1) is 5.92 Å². The molecule has 14 heavy (non-hydrogen) atoms. The molecule has 1 atom stereocenters. The first-order valence-electron chi connectivity index (χ1n) is 5.27. The van der Waals surface area contributed by atoms with Crippen LogP contribution in [0.1, 0.15) is 26.7 Å². The summed E-state index contributed by atoms with van der Waals surface area (Å²) < 4.78 is 0. The Morgan fingerprint density at radius 2 is 2.43 bits per heavy atom. The summed E-state index contributed by atoms with van der Waals surface area (Å²) in [6.45, 7) is 9.93. The van der Waals surface area contributed by atoms with Gasteiger partial charge in [0.1, 0.15) is 0 Å². The minimum Gasteiger partial charge on any atom is -0.316 e. The molecule has 1 unspecified atom stereocenters.